The summed E-state index contributed by atoms with van der Waals surface area (Å²) in [5.41, 5.74) is 2.77. The average molecular weight is 477 g/mol. The van der Waals surface area contributed by atoms with Crippen LogP contribution in [0.3, 0.4) is 0 Å². The number of carbonyl (C=O) groups is 3. The molecule has 1 fully saturated rings. The lowest BCUT2D eigenvalue weighted by Gasteiger charge is -2.26. The molecule has 9 nitrogen and oxygen atoms in total. The van der Waals surface area contributed by atoms with Crippen LogP contribution in [0.4, 0.5) is 4.79 Å². The number of aromatic nitrogens is 1. The van der Waals surface area contributed by atoms with Gasteiger partial charge in [-0.3, -0.25) is 14.5 Å². The number of amides is 4. The molecule has 0 radical (unpaired) electrons. The minimum Gasteiger partial charge on any atom is -0.486 e. The van der Waals surface area contributed by atoms with Crippen molar-refractivity contribution in [3.8, 4) is 11.5 Å². The molecule has 2 aliphatic rings. The first-order valence-electron chi connectivity index (χ1n) is 11.8. The summed E-state index contributed by atoms with van der Waals surface area (Å²) in [4.78, 5) is 42.6. The third-order valence-corrected chi connectivity index (χ3v) is 6.42. The minimum absolute atomic E-state index is 0.0687. The predicted molar refractivity (Wildman–Crippen MR) is 129 cm³/mol. The third kappa shape index (κ3) is 4.53. The monoisotopic (exact) mass is 476 g/mol. The van der Waals surface area contributed by atoms with Crippen LogP contribution in [0, 0.1) is 5.92 Å². The number of ether oxygens (including phenoxy) is 2. The Labute approximate surface area is 202 Å². The molecular weight excluding hydrogens is 448 g/mol. The van der Waals surface area contributed by atoms with E-state index in [4.69, 9.17) is 9.47 Å². The van der Waals surface area contributed by atoms with E-state index in [-0.39, 0.29) is 18.5 Å². The normalized spacial score (nSPS) is 18.1. The summed E-state index contributed by atoms with van der Waals surface area (Å²) in [7, 11) is 0. The fraction of sp³-hybridized carbons (Fsp3) is 0.346. The topological polar surface area (TPSA) is 113 Å². The van der Waals surface area contributed by atoms with Crippen LogP contribution < -0.4 is 20.1 Å². The molecule has 1 aromatic heterocycles. The van der Waals surface area contributed by atoms with Gasteiger partial charge in [0.2, 0.25) is 5.91 Å². The molecule has 0 unspecified atom stereocenters. The van der Waals surface area contributed by atoms with Crippen LogP contribution in [0.1, 0.15) is 31.0 Å². The van der Waals surface area contributed by atoms with Gasteiger partial charge in [0.15, 0.2) is 11.5 Å². The van der Waals surface area contributed by atoms with Crippen molar-refractivity contribution >= 4 is 28.7 Å². The lowest BCUT2D eigenvalue weighted by molar-refractivity contribution is -0.132. The zero-order chi connectivity index (χ0) is 24.5. The Hall–Kier alpha value is -4.01. The molecular formula is C26H28N4O5. The Morgan fingerprint density at radius 1 is 1.11 bits per heavy atom. The van der Waals surface area contributed by atoms with Crippen LogP contribution in [-0.2, 0) is 16.0 Å². The van der Waals surface area contributed by atoms with Crippen LogP contribution >= 0.6 is 0 Å². The first-order valence-corrected chi connectivity index (χ1v) is 11.8. The van der Waals surface area contributed by atoms with Gasteiger partial charge in [0.05, 0.1) is 6.04 Å². The van der Waals surface area contributed by atoms with Gasteiger partial charge in [0, 0.05) is 23.5 Å². The molecule has 3 N–H and O–H groups in total. The number of carbonyl (C=O) groups excluding carboxylic acids is 3. The maximum atomic E-state index is 13.0. The first kappa shape index (κ1) is 22.8. The van der Waals surface area contributed by atoms with Crippen molar-refractivity contribution in [1.82, 2.24) is 20.5 Å². The number of aromatic amines is 1. The number of para-hydroxylation sites is 1. The van der Waals surface area contributed by atoms with E-state index in [2.05, 4.69) is 15.6 Å². The lowest BCUT2D eigenvalue weighted by atomic mass is 9.95. The van der Waals surface area contributed by atoms with E-state index in [1.54, 1.807) is 0 Å². The highest BCUT2D eigenvalue weighted by atomic mass is 16.6. The van der Waals surface area contributed by atoms with Crippen molar-refractivity contribution in [3.63, 3.8) is 0 Å². The number of benzene rings is 2. The van der Waals surface area contributed by atoms with E-state index in [1.165, 1.54) is 0 Å². The molecule has 0 saturated carbocycles. The number of urea groups is 1. The molecule has 0 aliphatic carbocycles. The Bertz CT molecular complexity index is 1280. The van der Waals surface area contributed by atoms with E-state index in [9.17, 15) is 14.4 Å². The SMILES string of the molecule is CC(C)[C@@H](NC(=O)CN1C(=O)N[C@H](Cc2c[nH]c3ccccc23)C1=O)c1ccc2c(c1)OCCO2. The number of hydrogen-bond donors (Lipinski definition) is 3. The van der Waals surface area contributed by atoms with Gasteiger partial charge >= 0.3 is 6.03 Å². The Balaban J connectivity index is 1.25. The van der Waals surface area contributed by atoms with Crippen molar-refractivity contribution in [2.24, 2.45) is 5.92 Å². The van der Waals surface area contributed by atoms with Crippen molar-refractivity contribution < 1.29 is 23.9 Å². The van der Waals surface area contributed by atoms with Gasteiger partial charge in [0.25, 0.3) is 5.91 Å². The first-order chi connectivity index (χ1) is 16.9. The molecule has 4 amide bonds. The minimum atomic E-state index is -0.715. The van der Waals surface area contributed by atoms with E-state index < -0.39 is 23.9 Å². The second-order valence-electron chi connectivity index (χ2n) is 9.18. The van der Waals surface area contributed by atoms with Gasteiger partial charge in [-0.1, -0.05) is 38.1 Å². The quantitative estimate of drug-likeness (QED) is 0.454. The molecule has 3 aromatic rings. The van der Waals surface area contributed by atoms with Gasteiger partial charge in [-0.2, -0.15) is 0 Å². The van der Waals surface area contributed by atoms with E-state index in [1.807, 2.05) is 62.5 Å². The second-order valence-corrected chi connectivity index (χ2v) is 9.18. The lowest BCUT2D eigenvalue weighted by Crippen LogP contribution is -2.43. The van der Waals surface area contributed by atoms with Crippen molar-refractivity contribution in [3.05, 3.63) is 59.8 Å². The number of fused-ring (bicyclic) bond motifs is 2. The van der Waals surface area contributed by atoms with Gasteiger partial charge in [-0.25, -0.2) is 4.79 Å². The van der Waals surface area contributed by atoms with E-state index in [0.717, 1.165) is 26.9 Å². The van der Waals surface area contributed by atoms with E-state index >= 15 is 0 Å². The summed E-state index contributed by atoms with van der Waals surface area (Å²) < 4.78 is 11.3. The highest BCUT2D eigenvalue weighted by molar-refractivity contribution is 6.06. The molecule has 35 heavy (non-hydrogen) atoms. The summed E-state index contributed by atoms with van der Waals surface area (Å²) in [5.74, 6) is 0.571. The van der Waals surface area contributed by atoms with Crippen LogP contribution in [-0.4, -0.2) is 53.5 Å². The molecule has 3 heterocycles. The fourth-order valence-electron chi connectivity index (χ4n) is 4.64. The molecule has 9 heteroatoms. The zero-order valence-electron chi connectivity index (χ0n) is 19.7. The Morgan fingerprint density at radius 3 is 2.69 bits per heavy atom. The van der Waals surface area contributed by atoms with Crippen molar-refractivity contribution in [2.75, 3.05) is 19.8 Å². The molecule has 0 bridgehead atoms. The summed E-state index contributed by atoms with van der Waals surface area (Å²) in [6.45, 7) is 4.62. The zero-order valence-corrected chi connectivity index (χ0v) is 19.7. The molecule has 5 rings (SSSR count). The number of hydrogen-bond acceptors (Lipinski definition) is 5. The van der Waals surface area contributed by atoms with Gasteiger partial charge in [0.1, 0.15) is 25.8 Å². The fourth-order valence-corrected chi connectivity index (χ4v) is 4.64. The molecule has 182 valence electrons. The van der Waals surface area contributed by atoms with Gasteiger partial charge in [-0.15, -0.1) is 0 Å². The van der Waals surface area contributed by atoms with E-state index in [0.29, 0.717) is 31.1 Å². The van der Waals surface area contributed by atoms with Gasteiger partial charge < -0.3 is 25.1 Å². The number of H-pyrrole nitrogens is 1. The summed E-state index contributed by atoms with van der Waals surface area (Å²) in [6, 6.07) is 11.8. The van der Waals surface area contributed by atoms with Crippen LogP contribution in [0.15, 0.2) is 48.7 Å². The molecule has 1 saturated heterocycles. The highest BCUT2D eigenvalue weighted by Crippen LogP contribution is 2.34. The molecule has 2 aromatic carbocycles. The highest BCUT2D eigenvalue weighted by Gasteiger charge is 2.39. The molecule has 2 atom stereocenters. The second kappa shape index (κ2) is 9.32. The summed E-state index contributed by atoms with van der Waals surface area (Å²) in [6.07, 6.45) is 2.19. The van der Waals surface area contributed by atoms with Gasteiger partial charge in [-0.05, 0) is 35.2 Å². The molecule has 2 aliphatic heterocycles. The predicted octanol–water partition coefficient (Wildman–Crippen LogP) is 2.92. The standard InChI is InChI=1S/C26H28N4O5/c1-15(2)24(16-7-8-21-22(12-16)35-10-9-34-21)29-23(31)14-30-25(32)20(28-26(30)33)11-17-13-27-19-6-4-3-5-18(17)19/h3-8,12-13,15,20,24,27H,9-11,14H2,1-2H3,(H,28,33)(H,29,31)/t20-,24-/m1/s1. The molecule has 0 spiro atoms. The average Bonchev–Trinajstić information content (AvgIpc) is 3.38. The maximum absolute atomic E-state index is 13.0. The summed E-state index contributed by atoms with van der Waals surface area (Å²) >= 11 is 0. The van der Waals surface area contributed by atoms with Crippen molar-refractivity contribution in [2.45, 2.75) is 32.4 Å². The van der Waals surface area contributed by atoms with Crippen molar-refractivity contribution in [1.29, 1.82) is 0 Å². The largest absolute Gasteiger partial charge is 0.486 e. The van der Waals surface area contributed by atoms with Crippen LogP contribution in [0.5, 0.6) is 11.5 Å². The number of nitrogens with one attached hydrogen (secondary N) is 3. The number of rotatable bonds is 7. The maximum Gasteiger partial charge on any atom is 0.325 e. The van der Waals surface area contributed by atoms with Crippen LogP contribution in [0.2, 0.25) is 0 Å². The number of nitrogens with zero attached hydrogens (tertiary/aromatic N) is 1. The Morgan fingerprint density at radius 2 is 1.89 bits per heavy atom. The summed E-state index contributed by atoms with van der Waals surface area (Å²) in [5, 5.41) is 6.70. The smallest absolute Gasteiger partial charge is 0.325 e. The Kier molecular flexibility index (Phi) is 6.07. The van der Waals surface area contributed by atoms with Crippen LogP contribution in [0.25, 0.3) is 10.9 Å². The third-order valence-electron chi connectivity index (χ3n) is 6.42. The number of imide groups is 1.